The fourth-order valence-electron chi connectivity index (χ4n) is 2.28. The smallest absolute Gasteiger partial charge is 0.218 e. The minimum atomic E-state index is 0.716. The van der Waals surface area contributed by atoms with Crippen LogP contribution in [-0.4, -0.2) is 30.1 Å². The van der Waals surface area contributed by atoms with E-state index in [2.05, 4.69) is 48.1 Å². The number of nitrogens with zero attached hydrogens (tertiary/aromatic N) is 2. The van der Waals surface area contributed by atoms with Crippen molar-refractivity contribution in [3.8, 4) is 5.88 Å². The van der Waals surface area contributed by atoms with Gasteiger partial charge in [-0.05, 0) is 25.6 Å². The monoisotopic (exact) mass is 228 g/mol. The largest absolute Gasteiger partial charge is 0.476 e. The maximum atomic E-state index is 5.73. The number of hydrogen-bond donors (Lipinski definition) is 0. The van der Waals surface area contributed by atoms with Gasteiger partial charge in [0.05, 0.1) is 5.52 Å². The van der Waals surface area contributed by atoms with Gasteiger partial charge in [-0.25, -0.2) is 4.98 Å². The molecule has 0 saturated carbocycles. The van der Waals surface area contributed by atoms with E-state index in [0.29, 0.717) is 6.61 Å². The average Bonchev–Trinajstić information content (AvgIpc) is 2.47. The minimum absolute atomic E-state index is 0.716. The Morgan fingerprint density at radius 3 is 3.12 bits per heavy atom. The summed E-state index contributed by atoms with van der Waals surface area (Å²) in [5.74, 6) is 0.802. The van der Waals surface area contributed by atoms with E-state index in [1.807, 2.05) is 0 Å². The Morgan fingerprint density at radius 2 is 2.24 bits per heavy atom. The minimum Gasteiger partial charge on any atom is -0.476 e. The van der Waals surface area contributed by atoms with Crippen molar-refractivity contribution in [2.45, 2.75) is 13.5 Å². The molecule has 0 unspecified atom stereocenters. The molecule has 88 valence electrons. The highest BCUT2D eigenvalue weighted by Crippen LogP contribution is 2.26. The second-order valence-corrected chi connectivity index (χ2v) is 4.69. The number of pyridine rings is 1. The predicted molar refractivity (Wildman–Crippen MR) is 68.3 cm³/mol. The number of aromatic nitrogens is 1. The zero-order chi connectivity index (χ0) is 11.8. The normalized spacial score (nSPS) is 16.4. The summed E-state index contributed by atoms with van der Waals surface area (Å²) in [6.07, 6.45) is 0. The van der Waals surface area contributed by atoms with Gasteiger partial charge in [0.25, 0.3) is 0 Å². The molecule has 3 rings (SSSR count). The highest BCUT2D eigenvalue weighted by Gasteiger charge is 2.15. The van der Waals surface area contributed by atoms with Gasteiger partial charge in [0.15, 0.2) is 0 Å². The summed E-state index contributed by atoms with van der Waals surface area (Å²) >= 11 is 0. The van der Waals surface area contributed by atoms with E-state index in [4.69, 9.17) is 4.74 Å². The molecular formula is C14H16N2O. The summed E-state index contributed by atoms with van der Waals surface area (Å²) in [6, 6.07) is 8.48. The Balaban J connectivity index is 2.20. The molecule has 2 heterocycles. The summed E-state index contributed by atoms with van der Waals surface area (Å²) in [5.41, 5.74) is 3.44. The Morgan fingerprint density at radius 1 is 1.35 bits per heavy atom. The first-order valence-corrected chi connectivity index (χ1v) is 5.94. The van der Waals surface area contributed by atoms with Gasteiger partial charge in [-0.3, -0.25) is 4.90 Å². The van der Waals surface area contributed by atoms with Crippen LogP contribution in [0.25, 0.3) is 10.9 Å². The van der Waals surface area contributed by atoms with Gasteiger partial charge >= 0.3 is 0 Å². The fraction of sp³-hybridized carbons (Fsp3) is 0.357. The van der Waals surface area contributed by atoms with Crippen molar-refractivity contribution in [2.75, 3.05) is 20.2 Å². The van der Waals surface area contributed by atoms with Crippen molar-refractivity contribution in [1.29, 1.82) is 0 Å². The molecule has 0 N–H and O–H groups in total. The average molecular weight is 228 g/mol. The number of aryl methyl sites for hydroxylation is 1. The third-order valence-electron chi connectivity index (χ3n) is 3.24. The summed E-state index contributed by atoms with van der Waals surface area (Å²) in [7, 11) is 2.11. The standard InChI is InChI=1S/C14H16N2O/c1-10-4-3-5-11-8-12-9-16(2)6-7-17-14(12)15-13(10)11/h3-5,8H,6-7,9H2,1-2H3. The van der Waals surface area contributed by atoms with E-state index in [9.17, 15) is 0 Å². The van der Waals surface area contributed by atoms with Crippen molar-refractivity contribution in [2.24, 2.45) is 0 Å². The van der Waals surface area contributed by atoms with E-state index < -0.39 is 0 Å². The molecule has 0 atom stereocenters. The topological polar surface area (TPSA) is 25.4 Å². The Bertz CT molecular complexity index is 565. The van der Waals surface area contributed by atoms with Crippen LogP contribution >= 0.6 is 0 Å². The van der Waals surface area contributed by atoms with Crippen LogP contribution in [0.4, 0.5) is 0 Å². The molecule has 1 aliphatic rings. The Kier molecular flexibility index (Phi) is 2.48. The van der Waals surface area contributed by atoms with Crippen LogP contribution in [0.3, 0.4) is 0 Å². The number of benzene rings is 1. The van der Waals surface area contributed by atoms with Gasteiger partial charge in [0.2, 0.25) is 5.88 Å². The third-order valence-corrected chi connectivity index (χ3v) is 3.24. The first-order valence-electron chi connectivity index (χ1n) is 5.94. The van der Waals surface area contributed by atoms with Crippen LogP contribution in [0.5, 0.6) is 5.88 Å². The summed E-state index contributed by atoms with van der Waals surface area (Å²) < 4.78 is 5.73. The van der Waals surface area contributed by atoms with Gasteiger partial charge in [-0.1, -0.05) is 18.2 Å². The molecule has 0 fully saturated rings. The molecule has 1 aromatic carbocycles. The number of ether oxygens (including phenoxy) is 1. The summed E-state index contributed by atoms with van der Waals surface area (Å²) in [5, 5.41) is 1.20. The van der Waals surface area contributed by atoms with Crippen molar-refractivity contribution in [3.63, 3.8) is 0 Å². The van der Waals surface area contributed by atoms with Gasteiger partial charge < -0.3 is 4.74 Å². The lowest BCUT2D eigenvalue weighted by molar-refractivity contribution is 0.254. The van der Waals surface area contributed by atoms with E-state index in [1.165, 1.54) is 16.5 Å². The van der Waals surface area contributed by atoms with E-state index in [1.54, 1.807) is 0 Å². The zero-order valence-electron chi connectivity index (χ0n) is 10.2. The van der Waals surface area contributed by atoms with Crippen molar-refractivity contribution < 1.29 is 4.74 Å². The first kappa shape index (κ1) is 10.5. The lowest BCUT2D eigenvalue weighted by atomic mass is 10.1. The molecule has 3 nitrogen and oxygen atoms in total. The summed E-state index contributed by atoms with van der Waals surface area (Å²) in [6.45, 7) is 4.66. The molecule has 3 heteroatoms. The molecular weight excluding hydrogens is 212 g/mol. The maximum Gasteiger partial charge on any atom is 0.218 e. The lowest BCUT2D eigenvalue weighted by Gasteiger charge is -2.11. The zero-order valence-corrected chi connectivity index (χ0v) is 10.2. The second-order valence-electron chi connectivity index (χ2n) is 4.69. The van der Waals surface area contributed by atoms with Crippen LogP contribution < -0.4 is 4.74 Å². The van der Waals surface area contributed by atoms with Gasteiger partial charge in [-0.15, -0.1) is 0 Å². The third kappa shape index (κ3) is 1.87. The lowest BCUT2D eigenvalue weighted by Crippen LogP contribution is -2.20. The number of fused-ring (bicyclic) bond motifs is 2. The highest BCUT2D eigenvalue weighted by molar-refractivity contribution is 5.83. The molecule has 1 aliphatic heterocycles. The molecule has 17 heavy (non-hydrogen) atoms. The molecule has 2 aromatic rings. The Labute approximate surface area is 101 Å². The molecule has 0 radical (unpaired) electrons. The van der Waals surface area contributed by atoms with Crippen LogP contribution in [0.15, 0.2) is 24.3 Å². The van der Waals surface area contributed by atoms with Gasteiger partial charge in [0, 0.05) is 24.0 Å². The fourth-order valence-corrected chi connectivity index (χ4v) is 2.28. The molecule has 0 saturated heterocycles. The molecule has 0 aliphatic carbocycles. The quantitative estimate of drug-likeness (QED) is 0.692. The predicted octanol–water partition coefficient (Wildman–Crippen LogP) is 2.37. The van der Waals surface area contributed by atoms with Crippen molar-refractivity contribution >= 4 is 10.9 Å². The molecule has 0 bridgehead atoms. The maximum absolute atomic E-state index is 5.73. The first-order chi connectivity index (χ1) is 8.24. The van der Waals surface area contributed by atoms with Crippen LogP contribution in [-0.2, 0) is 6.54 Å². The van der Waals surface area contributed by atoms with E-state index >= 15 is 0 Å². The highest BCUT2D eigenvalue weighted by atomic mass is 16.5. The molecule has 1 aromatic heterocycles. The van der Waals surface area contributed by atoms with Crippen LogP contribution in [0, 0.1) is 6.92 Å². The van der Waals surface area contributed by atoms with Crippen LogP contribution in [0.1, 0.15) is 11.1 Å². The van der Waals surface area contributed by atoms with Crippen molar-refractivity contribution in [3.05, 3.63) is 35.4 Å². The number of rotatable bonds is 0. The van der Waals surface area contributed by atoms with Crippen molar-refractivity contribution in [1.82, 2.24) is 9.88 Å². The number of hydrogen-bond acceptors (Lipinski definition) is 3. The van der Waals surface area contributed by atoms with Gasteiger partial charge in [0.1, 0.15) is 6.61 Å². The molecule has 0 amide bonds. The Hall–Kier alpha value is -1.61. The number of likely N-dealkylation sites (N-methyl/N-ethyl adjacent to an activating group) is 1. The van der Waals surface area contributed by atoms with Gasteiger partial charge in [-0.2, -0.15) is 0 Å². The second kappa shape index (κ2) is 4.00. The summed E-state index contributed by atoms with van der Waals surface area (Å²) in [4.78, 5) is 6.92. The van der Waals surface area contributed by atoms with E-state index in [0.717, 1.165) is 24.5 Å². The molecule has 0 spiro atoms. The van der Waals surface area contributed by atoms with Crippen LogP contribution in [0.2, 0.25) is 0 Å². The van der Waals surface area contributed by atoms with E-state index in [-0.39, 0.29) is 0 Å². The number of para-hydroxylation sites is 1. The SMILES string of the molecule is Cc1cccc2cc3c(nc12)OCCN(C)C3.